The van der Waals surface area contributed by atoms with E-state index in [-0.39, 0.29) is 42.6 Å². The molecule has 0 aliphatic rings. The fourth-order valence-electron chi connectivity index (χ4n) is 1.17. The molecule has 0 fully saturated rings. The van der Waals surface area contributed by atoms with Crippen molar-refractivity contribution < 1.29 is 13.0 Å². The van der Waals surface area contributed by atoms with Gasteiger partial charge < -0.3 is 0 Å². The standard InChI is InChI=1S/C10H12O3S.Ca.2H/c1-2-3-6-9-7-4-5-8-10(9)14(11,12)13;;;/h2-5,7-8H,6H2,1H3,(H,11,12,13);;;. The van der Waals surface area contributed by atoms with E-state index in [1.807, 2.05) is 19.1 Å². The average molecular weight is 254 g/mol. The number of allylic oxidation sites excluding steroid dienone is 2. The first-order chi connectivity index (χ1) is 6.55. The summed E-state index contributed by atoms with van der Waals surface area (Å²) in [7, 11) is -4.10. The molecule has 0 radical (unpaired) electrons. The molecule has 80 valence electrons. The first kappa shape index (κ1) is 15.1. The van der Waals surface area contributed by atoms with Crippen molar-refractivity contribution in [1.82, 2.24) is 0 Å². The molecule has 0 bridgehead atoms. The summed E-state index contributed by atoms with van der Waals surface area (Å²) in [6.07, 6.45) is 4.18. The van der Waals surface area contributed by atoms with Crippen LogP contribution in [0, 0.1) is 0 Å². The molecule has 1 aromatic carbocycles. The van der Waals surface area contributed by atoms with E-state index in [1.165, 1.54) is 6.07 Å². The Morgan fingerprint density at radius 2 is 1.93 bits per heavy atom. The maximum absolute atomic E-state index is 10.9. The van der Waals surface area contributed by atoms with Gasteiger partial charge in [0.2, 0.25) is 0 Å². The van der Waals surface area contributed by atoms with Crippen molar-refractivity contribution in [2.24, 2.45) is 0 Å². The number of benzene rings is 1. The van der Waals surface area contributed by atoms with Crippen molar-refractivity contribution >= 4 is 47.9 Å². The van der Waals surface area contributed by atoms with E-state index in [9.17, 15) is 8.42 Å². The Labute approximate surface area is 120 Å². The molecule has 5 heteroatoms. The third-order valence-corrected chi connectivity index (χ3v) is 2.78. The third kappa shape index (κ3) is 4.66. The SMILES string of the molecule is CC=CCc1ccccc1S(=O)(=O)O.[CaH2]. The zero-order valence-electron chi connectivity index (χ0n) is 7.84. The third-order valence-electron chi connectivity index (χ3n) is 1.82. The van der Waals surface area contributed by atoms with Crippen LogP contribution in [0.4, 0.5) is 0 Å². The first-order valence-electron chi connectivity index (χ1n) is 4.22. The van der Waals surface area contributed by atoms with Gasteiger partial charge >= 0.3 is 37.7 Å². The van der Waals surface area contributed by atoms with Crippen molar-refractivity contribution in [2.75, 3.05) is 0 Å². The van der Waals surface area contributed by atoms with E-state index >= 15 is 0 Å². The number of hydrogen-bond acceptors (Lipinski definition) is 2. The molecule has 1 aromatic rings. The molecule has 0 unspecified atom stereocenters. The van der Waals surface area contributed by atoms with E-state index in [0.29, 0.717) is 12.0 Å². The summed E-state index contributed by atoms with van der Waals surface area (Å²) in [5.41, 5.74) is 0.605. The minimum atomic E-state index is -4.10. The number of rotatable bonds is 3. The predicted molar refractivity (Wildman–Crippen MR) is 63.3 cm³/mol. The van der Waals surface area contributed by atoms with E-state index in [1.54, 1.807) is 18.2 Å². The van der Waals surface area contributed by atoms with Gasteiger partial charge in [0.05, 0.1) is 4.90 Å². The molecule has 1 rings (SSSR count). The Hall–Kier alpha value is 0.130. The van der Waals surface area contributed by atoms with Crippen LogP contribution < -0.4 is 0 Å². The summed E-state index contributed by atoms with van der Waals surface area (Å²) in [5, 5.41) is 0. The van der Waals surface area contributed by atoms with E-state index in [0.717, 1.165) is 0 Å². The van der Waals surface area contributed by atoms with Crippen molar-refractivity contribution in [1.29, 1.82) is 0 Å². The van der Waals surface area contributed by atoms with Crippen LogP contribution in [-0.2, 0) is 16.5 Å². The molecule has 0 amide bonds. The van der Waals surface area contributed by atoms with Crippen LogP contribution >= 0.6 is 0 Å². The van der Waals surface area contributed by atoms with Crippen molar-refractivity contribution in [3.05, 3.63) is 42.0 Å². The van der Waals surface area contributed by atoms with Gasteiger partial charge in [-0.05, 0) is 25.0 Å². The monoisotopic (exact) mass is 254 g/mol. The Morgan fingerprint density at radius 3 is 2.47 bits per heavy atom. The van der Waals surface area contributed by atoms with Crippen LogP contribution in [0.2, 0.25) is 0 Å². The fraction of sp³-hybridized carbons (Fsp3) is 0.200. The molecule has 1 N–H and O–H groups in total. The molecule has 0 aliphatic carbocycles. The quantitative estimate of drug-likeness (QED) is 0.500. The molecule has 0 saturated carbocycles. The zero-order valence-corrected chi connectivity index (χ0v) is 8.66. The second-order valence-corrected chi connectivity index (χ2v) is 4.25. The van der Waals surface area contributed by atoms with Gasteiger partial charge in [-0.25, -0.2) is 0 Å². The van der Waals surface area contributed by atoms with E-state index in [4.69, 9.17) is 4.55 Å². The van der Waals surface area contributed by atoms with Crippen LogP contribution in [0.5, 0.6) is 0 Å². The van der Waals surface area contributed by atoms with Crippen molar-refractivity contribution in [3.63, 3.8) is 0 Å². The van der Waals surface area contributed by atoms with Crippen LogP contribution in [0.3, 0.4) is 0 Å². The van der Waals surface area contributed by atoms with Gasteiger partial charge in [0.1, 0.15) is 0 Å². The van der Waals surface area contributed by atoms with Gasteiger partial charge in [-0.3, -0.25) is 4.55 Å². The maximum atomic E-state index is 10.9. The molecule has 0 spiro atoms. The van der Waals surface area contributed by atoms with Crippen molar-refractivity contribution in [3.8, 4) is 0 Å². The molecular formula is C10H14CaO3S. The van der Waals surface area contributed by atoms with Gasteiger partial charge in [0.15, 0.2) is 0 Å². The van der Waals surface area contributed by atoms with Crippen LogP contribution in [-0.4, -0.2) is 50.7 Å². The second kappa shape index (κ2) is 6.66. The van der Waals surface area contributed by atoms with Gasteiger partial charge in [-0.15, -0.1) is 0 Å². The molecule has 0 aromatic heterocycles. The Kier molecular flexibility index (Phi) is 6.71. The molecule has 0 heterocycles. The van der Waals surface area contributed by atoms with Gasteiger partial charge in [0.25, 0.3) is 10.1 Å². The zero-order chi connectivity index (χ0) is 10.6. The minimum absolute atomic E-state index is 0. The Bertz CT molecular complexity index is 438. The van der Waals surface area contributed by atoms with Gasteiger partial charge in [-0.2, -0.15) is 8.42 Å². The van der Waals surface area contributed by atoms with E-state index < -0.39 is 10.1 Å². The molecule has 0 saturated heterocycles. The molecule has 3 nitrogen and oxygen atoms in total. The summed E-state index contributed by atoms with van der Waals surface area (Å²) < 4.78 is 30.8. The Balaban J connectivity index is 0.00000196. The molecular weight excluding hydrogens is 240 g/mol. The Morgan fingerprint density at radius 1 is 1.33 bits per heavy atom. The normalized spacial score (nSPS) is 11.3. The van der Waals surface area contributed by atoms with Crippen LogP contribution in [0.25, 0.3) is 0 Å². The predicted octanol–water partition coefficient (Wildman–Crippen LogP) is 1.14. The molecule has 0 aliphatic heterocycles. The number of hydrogen-bond donors (Lipinski definition) is 1. The van der Waals surface area contributed by atoms with Crippen LogP contribution in [0.1, 0.15) is 12.5 Å². The van der Waals surface area contributed by atoms with Crippen molar-refractivity contribution in [2.45, 2.75) is 18.2 Å². The average Bonchev–Trinajstić information content (AvgIpc) is 2.14. The summed E-state index contributed by atoms with van der Waals surface area (Å²) in [4.78, 5) is -0.0156. The first-order valence-corrected chi connectivity index (χ1v) is 5.66. The second-order valence-electron chi connectivity index (χ2n) is 2.86. The summed E-state index contributed by atoms with van der Waals surface area (Å²) in [6, 6.07) is 6.41. The topological polar surface area (TPSA) is 54.4 Å². The summed E-state index contributed by atoms with van der Waals surface area (Å²) in [6.45, 7) is 1.86. The summed E-state index contributed by atoms with van der Waals surface area (Å²) >= 11 is 0. The fourth-order valence-corrected chi connectivity index (χ4v) is 1.90. The summed E-state index contributed by atoms with van der Waals surface area (Å²) in [5.74, 6) is 0. The van der Waals surface area contributed by atoms with Gasteiger partial charge in [-0.1, -0.05) is 30.4 Å². The van der Waals surface area contributed by atoms with Crippen LogP contribution in [0.15, 0.2) is 41.3 Å². The van der Waals surface area contributed by atoms with Gasteiger partial charge in [0, 0.05) is 0 Å². The molecule has 15 heavy (non-hydrogen) atoms. The van der Waals surface area contributed by atoms with E-state index in [2.05, 4.69) is 0 Å². The molecule has 0 atom stereocenters.